The van der Waals surface area contributed by atoms with E-state index >= 15 is 0 Å². The van der Waals surface area contributed by atoms with Gasteiger partial charge in [0.25, 0.3) is 0 Å². The molecule has 152 valence electrons. The smallest absolute Gasteiger partial charge is 0.233 e. The molecular weight excluding hydrogens is 520 g/mol. The fraction of sp³-hybridized carbons (Fsp3) is 0.360. The Morgan fingerprint density at radius 2 is 1.75 bits per heavy atom. The maximum atomic E-state index is 2.49. The molecule has 0 aliphatic carbocycles. The zero-order chi connectivity index (χ0) is 19.8. The summed E-state index contributed by atoms with van der Waals surface area (Å²) in [6.07, 6.45) is 11.3. The molecule has 1 unspecified atom stereocenters. The first-order valence-corrected chi connectivity index (χ1v) is 10.5. The van der Waals surface area contributed by atoms with Gasteiger partial charge in [0.1, 0.15) is 6.04 Å². The molecule has 0 N–H and O–H groups in total. The number of benzene rings is 1. The van der Waals surface area contributed by atoms with E-state index in [0.29, 0.717) is 12.8 Å². The minimum atomic E-state index is 0. The van der Waals surface area contributed by atoms with Crippen LogP contribution in [0.5, 0.6) is 0 Å². The summed E-state index contributed by atoms with van der Waals surface area (Å²) in [7, 11) is 0. The average molecular weight is 554 g/mol. The Hall–Kier alpha value is -1.53. The minimum absolute atomic E-state index is 0. The summed E-state index contributed by atoms with van der Waals surface area (Å²) < 4.78 is 2.49. The normalized spacial score (nSPS) is 13.2. The van der Waals surface area contributed by atoms with Gasteiger partial charge in [-0.15, -0.1) is 12.8 Å². The molecule has 1 atom stereocenters. The predicted octanol–water partition coefficient (Wildman–Crippen LogP) is 5.07. The second-order valence-electron chi connectivity index (χ2n) is 6.84. The molecular formula is C25H34BNPt. The Bertz CT molecular complexity index is 782. The van der Waals surface area contributed by atoms with Crippen molar-refractivity contribution in [2.75, 3.05) is 0 Å². The van der Waals surface area contributed by atoms with Crippen LogP contribution in [0, 0.1) is 5.92 Å². The van der Waals surface area contributed by atoms with Crippen molar-refractivity contribution in [3.8, 4) is 0 Å². The first-order valence-electron chi connectivity index (χ1n) is 10.5. The van der Waals surface area contributed by atoms with Crippen molar-refractivity contribution in [3.05, 3.63) is 77.9 Å². The molecule has 2 aromatic rings. The first kappa shape index (κ1) is 24.5. The number of nitrogens with zero attached hydrogens (tertiary/aromatic N) is 1. The molecule has 1 nitrogen and oxygen atoms in total. The van der Waals surface area contributed by atoms with Crippen LogP contribution in [0.25, 0.3) is 6.08 Å². The van der Waals surface area contributed by atoms with Crippen LogP contribution in [0.3, 0.4) is 0 Å². The summed E-state index contributed by atoms with van der Waals surface area (Å²) in [5.41, 5.74) is 5.62. The van der Waals surface area contributed by atoms with Gasteiger partial charge in [-0.25, -0.2) is 16.7 Å². The number of hydrogen-bond acceptors (Lipinski definition) is 0. The van der Waals surface area contributed by atoms with Crippen LogP contribution in [-0.2, 0) is 21.1 Å². The van der Waals surface area contributed by atoms with Gasteiger partial charge >= 0.3 is 0 Å². The molecule has 0 bridgehead atoms. The number of allylic oxidation sites excluding steroid dienone is 3. The molecule has 28 heavy (non-hydrogen) atoms. The molecule has 0 saturated heterocycles. The van der Waals surface area contributed by atoms with Crippen molar-refractivity contribution in [1.29, 1.82) is 0 Å². The number of rotatable bonds is 6. The maximum Gasteiger partial charge on any atom is 0.245 e. The van der Waals surface area contributed by atoms with E-state index in [2.05, 4.69) is 99.2 Å². The minimum Gasteiger partial charge on any atom is -0.233 e. The van der Waals surface area contributed by atoms with Gasteiger partial charge in [0.05, 0.1) is 0 Å². The fourth-order valence-corrected chi connectivity index (χ4v) is 4.18. The quantitative estimate of drug-likeness (QED) is 0.267. The van der Waals surface area contributed by atoms with Crippen LogP contribution < -0.4 is 15.5 Å². The van der Waals surface area contributed by atoms with E-state index in [1.165, 1.54) is 28.0 Å². The number of hydrogen-bond donors (Lipinski definition) is 0. The Kier molecular flexibility index (Phi) is 10.6. The SMILES string of the molecule is C/C=C/[C-](CC)C(CC)[n+]1cccc2c1C=C(C)B2c1ccccc1.CC.[Pt]. The largest absolute Gasteiger partial charge is 0.245 e. The molecule has 0 saturated carbocycles. The summed E-state index contributed by atoms with van der Waals surface area (Å²) >= 11 is 0. The van der Waals surface area contributed by atoms with Gasteiger partial charge in [0.15, 0.2) is 11.9 Å². The van der Waals surface area contributed by atoms with Crippen molar-refractivity contribution in [3.63, 3.8) is 0 Å². The summed E-state index contributed by atoms with van der Waals surface area (Å²) in [6, 6.07) is 15.8. The van der Waals surface area contributed by atoms with Crippen molar-refractivity contribution in [1.82, 2.24) is 0 Å². The van der Waals surface area contributed by atoms with Crippen molar-refractivity contribution < 1.29 is 25.6 Å². The second kappa shape index (κ2) is 12.1. The van der Waals surface area contributed by atoms with Gasteiger partial charge < -0.3 is 0 Å². The average Bonchev–Trinajstić information content (AvgIpc) is 3.06. The first-order chi connectivity index (χ1) is 13.2. The summed E-state index contributed by atoms with van der Waals surface area (Å²) in [6.45, 7) is 13.3. The molecule has 0 spiro atoms. The number of fused-ring (bicyclic) bond motifs is 1. The molecule has 1 aromatic heterocycles. The van der Waals surface area contributed by atoms with Gasteiger partial charge in [-0.05, 0) is 6.42 Å². The summed E-state index contributed by atoms with van der Waals surface area (Å²) in [5, 5.41) is 0. The third-order valence-electron chi connectivity index (χ3n) is 5.30. The van der Waals surface area contributed by atoms with E-state index in [-0.39, 0.29) is 21.1 Å². The Morgan fingerprint density at radius 3 is 2.32 bits per heavy atom. The number of pyridine rings is 1. The summed E-state index contributed by atoms with van der Waals surface area (Å²) in [5.74, 6) is 1.50. The third-order valence-corrected chi connectivity index (χ3v) is 5.30. The van der Waals surface area contributed by atoms with Crippen LogP contribution in [0.1, 0.15) is 66.1 Å². The van der Waals surface area contributed by atoms with E-state index in [0.717, 1.165) is 12.8 Å². The standard InChI is InChI=1S/C23H28BN.C2H6.Pt/c1-5-12-19(6-2)22(7-3)25-16-11-15-21-23(25)17-18(4)24(21)20-13-9-8-10-14-20;1-2;/h5,8-17,22H,6-7H2,1-4H3;1-2H3;/b12-5+;;. The molecule has 3 rings (SSSR count). The van der Waals surface area contributed by atoms with E-state index in [1.807, 2.05) is 13.8 Å². The van der Waals surface area contributed by atoms with Gasteiger partial charge in [0.2, 0.25) is 6.71 Å². The topological polar surface area (TPSA) is 3.88 Å². The van der Waals surface area contributed by atoms with Gasteiger partial charge in [-0.3, -0.25) is 0 Å². The van der Waals surface area contributed by atoms with E-state index in [9.17, 15) is 0 Å². The third kappa shape index (κ3) is 5.09. The van der Waals surface area contributed by atoms with E-state index < -0.39 is 0 Å². The monoisotopic (exact) mass is 554 g/mol. The molecule has 1 aliphatic rings. The molecule has 0 fully saturated rings. The molecule has 0 radical (unpaired) electrons. The van der Waals surface area contributed by atoms with Crippen LogP contribution in [0.4, 0.5) is 0 Å². The van der Waals surface area contributed by atoms with Crippen LogP contribution in [-0.4, -0.2) is 6.71 Å². The van der Waals surface area contributed by atoms with Crippen molar-refractivity contribution in [2.45, 2.75) is 60.4 Å². The molecule has 1 aromatic carbocycles. The number of aromatic nitrogens is 1. The fourth-order valence-electron chi connectivity index (χ4n) is 4.18. The summed E-state index contributed by atoms with van der Waals surface area (Å²) in [4.78, 5) is 0. The molecule has 2 heterocycles. The zero-order valence-electron chi connectivity index (χ0n) is 18.2. The predicted molar refractivity (Wildman–Crippen MR) is 121 cm³/mol. The molecule has 3 heteroatoms. The van der Waals surface area contributed by atoms with Crippen LogP contribution in [0.2, 0.25) is 0 Å². The van der Waals surface area contributed by atoms with E-state index in [1.54, 1.807) is 0 Å². The van der Waals surface area contributed by atoms with Gasteiger partial charge in [-0.1, -0.05) is 88.4 Å². The van der Waals surface area contributed by atoms with Gasteiger partial charge in [0, 0.05) is 38.7 Å². The van der Waals surface area contributed by atoms with Gasteiger partial charge in [-0.2, -0.15) is 0 Å². The zero-order valence-corrected chi connectivity index (χ0v) is 20.5. The Labute approximate surface area is 187 Å². The van der Waals surface area contributed by atoms with Crippen molar-refractivity contribution in [2.24, 2.45) is 0 Å². The maximum absolute atomic E-state index is 2.49. The van der Waals surface area contributed by atoms with Crippen molar-refractivity contribution >= 4 is 23.7 Å². The van der Waals surface area contributed by atoms with E-state index in [4.69, 9.17) is 0 Å². The molecule has 1 aliphatic heterocycles. The van der Waals surface area contributed by atoms with Crippen LogP contribution >= 0.6 is 0 Å². The molecule has 0 amide bonds. The Morgan fingerprint density at radius 1 is 1.07 bits per heavy atom. The second-order valence-corrected chi connectivity index (χ2v) is 6.84. The van der Waals surface area contributed by atoms with Crippen LogP contribution in [0.15, 0.2) is 66.3 Å². The Balaban J connectivity index is 0.00000127.